The van der Waals surface area contributed by atoms with E-state index in [0.29, 0.717) is 18.8 Å². The van der Waals surface area contributed by atoms with Crippen LogP contribution in [0.15, 0.2) is 42.7 Å². The summed E-state index contributed by atoms with van der Waals surface area (Å²) in [6.45, 7) is 1.25. The van der Waals surface area contributed by atoms with E-state index in [1.54, 1.807) is 19.5 Å². The van der Waals surface area contributed by atoms with Crippen LogP contribution < -0.4 is 10.1 Å². The van der Waals surface area contributed by atoms with Crippen molar-refractivity contribution >= 4 is 16.6 Å². The molecule has 140 valence electrons. The zero-order valence-electron chi connectivity index (χ0n) is 15.4. The largest absolute Gasteiger partial charge is 0.497 e. The van der Waals surface area contributed by atoms with E-state index in [2.05, 4.69) is 20.5 Å². The molecule has 1 N–H and O–H groups in total. The predicted octanol–water partition coefficient (Wildman–Crippen LogP) is 3.15. The number of methoxy groups -OCH3 is 1. The summed E-state index contributed by atoms with van der Waals surface area (Å²) in [5.41, 5.74) is 1.70. The summed E-state index contributed by atoms with van der Waals surface area (Å²) in [4.78, 5) is 6.25. The lowest BCUT2D eigenvalue weighted by Gasteiger charge is -2.32. The first-order valence-electron chi connectivity index (χ1n) is 8.98. The summed E-state index contributed by atoms with van der Waals surface area (Å²) in [5, 5.41) is 14.1. The number of alkyl halides is 1. The Morgan fingerprint density at radius 3 is 2.67 bits per heavy atom. The number of benzene rings is 1. The number of anilines is 1. The minimum Gasteiger partial charge on any atom is -0.497 e. The van der Waals surface area contributed by atoms with Crippen LogP contribution in [0.1, 0.15) is 6.42 Å². The van der Waals surface area contributed by atoms with Gasteiger partial charge in [-0.2, -0.15) is 0 Å². The second-order valence-corrected chi connectivity index (χ2v) is 6.94. The van der Waals surface area contributed by atoms with Crippen molar-refractivity contribution in [3.8, 4) is 17.0 Å². The van der Waals surface area contributed by atoms with Crippen molar-refractivity contribution in [3.63, 3.8) is 0 Å². The molecular weight excluding hydrogens is 345 g/mol. The maximum Gasteiger partial charge on any atom is 0.156 e. The molecule has 4 rings (SSSR count). The van der Waals surface area contributed by atoms with E-state index in [4.69, 9.17) is 4.74 Å². The summed E-state index contributed by atoms with van der Waals surface area (Å²) in [6, 6.07) is 9.60. The number of rotatable bonds is 4. The molecule has 2 atom stereocenters. The number of nitrogens with one attached hydrogen (secondary N) is 1. The highest BCUT2D eigenvalue weighted by molar-refractivity contribution is 5.99. The van der Waals surface area contributed by atoms with Crippen molar-refractivity contribution in [3.05, 3.63) is 42.7 Å². The Balaban J connectivity index is 1.69. The van der Waals surface area contributed by atoms with E-state index >= 15 is 0 Å². The van der Waals surface area contributed by atoms with Gasteiger partial charge in [-0.05, 0) is 37.4 Å². The molecule has 0 aliphatic carbocycles. The van der Waals surface area contributed by atoms with Gasteiger partial charge in [0.05, 0.1) is 7.11 Å². The monoisotopic (exact) mass is 367 g/mol. The highest BCUT2D eigenvalue weighted by Gasteiger charge is 2.26. The van der Waals surface area contributed by atoms with Gasteiger partial charge in [-0.3, -0.25) is 4.98 Å². The molecule has 6 nitrogen and oxygen atoms in total. The third-order valence-corrected chi connectivity index (χ3v) is 4.87. The van der Waals surface area contributed by atoms with Crippen molar-refractivity contribution in [1.29, 1.82) is 0 Å². The molecule has 2 aromatic heterocycles. The lowest BCUT2D eigenvalue weighted by Crippen LogP contribution is -2.45. The Hall–Kier alpha value is -2.80. The number of halogens is 1. The topological polar surface area (TPSA) is 63.2 Å². The average molecular weight is 367 g/mol. The van der Waals surface area contributed by atoms with Gasteiger partial charge in [0.1, 0.15) is 17.6 Å². The van der Waals surface area contributed by atoms with Crippen molar-refractivity contribution in [2.24, 2.45) is 0 Å². The van der Waals surface area contributed by atoms with Crippen molar-refractivity contribution in [2.75, 3.05) is 32.6 Å². The number of pyridine rings is 1. The molecule has 1 fully saturated rings. The van der Waals surface area contributed by atoms with E-state index in [0.717, 1.165) is 34.3 Å². The van der Waals surface area contributed by atoms with Gasteiger partial charge < -0.3 is 15.0 Å². The zero-order valence-corrected chi connectivity index (χ0v) is 15.4. The molecule has 0 radical (unpaired) electrons. The smallest absolute Gasteiger partial charge is 0.156 e. The predicted molar refractivity (Wildman–Crippen MR) is 104 cm³/mol. The first kappa shape index (κ1) is 17.6. The molecule has 7 heteroatoms. The number of fused-ring (bicyclic) bond motifs is 1. The first-order valence-corrected chi connectivity index (χ1v) is 8.98. The van der Waals surface area contributed by atoms with Crippen molar-refractivity contribution < 1.29 is 9.13 Å². The Morgan fingerprint density at radius 2 is 1.93 bits per heavy atom. The van der Waals surface area contributed by atoms with E-state index in [1.807, 2.05) is 42.3 Å². The average Bonchev–Trinajstić information content (AvgIpc) is 2.68. The maximum absolute atomic E-state index is 13.9. The standard InChI is InChI=1S/C20H22FN5O/c1-26-11-14(21)9-15(12-26)23-20-17-7-8-22-10-18(17)19(24-25-20)13-3-5-16(27-2)6-4-13/h3-8,10,14-15H,9,11-12H2,1-2H3,(H,23,25)/t14-,15-/m1/s1. The molecule has 3 heterocycles. The highest BCUT2D eigenvalue weighted by atomic mass is 19.1. The number of hydrogen-bond acceptors (Lipinski definition) is 6. The van der Waals surface area contributed by atoms with Crippen LogP contribution >= 0.6 is 0 Å². The normalized spacial score (nSPS) is 20.6. The Morgan fingerprint density at radius 1 is 1.11 bits per heavy atom. The molecular formula is C20H22FN5O. The minimum absolute atomic E-state index is 0.00347. The van der Waals surface area contributed by atoms with Crippen LogP contribution in [0, 0.1) is 0 Å². The van der Waals surface area contributed by atoms with Crippen LogP contribution in [-0.2, 0) is 0 Å². The van der Waals surface area contributed by atoms with E-state index in [9.17, 15) is 4.39 Å². The van der Waals surface area contributed by atoms with Gasteiger partial charge in [0, 0.05) is 54.3 Å². The Labute approximate surface area is 157 Å². The molecule has 0 amide bonds. The second-order valence-electron chi connectivity index (χ2n) is 6.94. The number of piperidine rings is 1. The second kappa shape index (κ2) is 7.44. The van der Waals surface area contributed by atoms with Gasteiger partial charge in [-0.15, -0.1) is 10.2 Å². The van der Waals surface area contributed by atoms with Crippen molar-refractivity contribution in [1.82, 2.24) is 20.1 Å². The van der Waals surface area contributed by atoms with Gasteiger partial charge in [0.25, 0.3) is 0 Å². The van der Waals surface area contributed by atoms with Crippen LogP contribution in [0.3, 0.4) is 0 Å². The number of nitrogens with zero attached hydrogens (tertiary/aromatic N) is 4. The van der Waals surface area contributed by atoms with Crippen LogP contribution in [0.2, 0.25) is 0 Å². The summed E-state index contributed by atoms with van der Waals surface area (Å²) in [6.07, 6.45) is 3.16. The number of likely N-dealkylation sites (tertiary alicyclic amines) is 1. The third-order valence-electron chi connectivity index (χ3n) is 4.87. The fourth-order valence-corrected chi connectivity index (χ4v) is 3.61. The van der Waals surface area contributed by atoms with Crippen LogP contribution in [0.25, 0.3) is 22.0 Å². The molecule has 0 spiro atoms. The summed E-state index contributed by atoms with van der Waals surface area (Å²) >= 11 is 0. The molecule has 0 saturated carbocycles. The summed E-state index contributed by atoms with van der Waals surface area (Å²) in [7, 11) is 3.57. The molecule has 27 heavy (non-hydrogen) atoms. The molecule has 1 aliphatic rings. The van der Waals surface area contributed by atoms with Gasteiger partial charge in [0.2, 0.25) is 0 Å². The lowest BCUT2D eigenvalue weighted by molar-refractivity contribution is 0.153. The zero-order chi connectivity index (χ0) is 18.8. The molecule has 1 aromatic carbocycles. The van der Waals surface area contributed by atoms with Crippen molar-refractivity contribution in [2.45, 2.75) is 18.6 Å². The van der Waals surface area contributed by atoms with Gasteiger partial charge in [0.15, 0.2) is 5.82 Å². The summed E-state index contributed by atoms with van der Waals surface area (Å²) < 4.78 is 19.1. The van der Waals surface area contributed by atoms with E-state index in [-0.39, 0.29) is 6.04 Å². The lowest BCUT2D eigenvalue weighted by atomic mass is 10.0. The molecule has 0 unspecified atom stereocenters. The SMILES string of the molecule is COc1ccc(-c2nnc(N[C@@H]3C[C@@H](F)CN(C)C3)c3ccncc23)cc1. The quantitative estimate of drug-likeness (QED) is 0.764. The highest BCUT2D eigenvalue weighted by Crippen LogP contribution is 2.30. The molecule has 1 saturated heterocycles. The number of aromatic nitrogens is 3. The van der Waals surface area contributed by atoms with E-state index in [1.165, 1.54) is 0 Å². The molecule has 3 aromatic rings. The number of likely N-dealkylation sites (N-methyl/N-ethyl adjacent to an activating group) is 1. The molecule has 1 aliphatic heterocycles. The van der Waals surface area contributed by atoms with Gasteiger partial charge >= 0.3 is 0 Å². The van der Waals surface area contributed by atoms with Crippen LogP contribution in [-0.4, -0.2) is 59.5 Å². The van der Waals surface area contributed by atoms with Gasteiger partial charge in [-0.1, -0.05) is 0 Å². The van der Waals surface area contributed by atoms with Crippen LogP contribution in [0.5, 0.6) is 5.75 Å². The Kier molecular flexibility index (Phi) is 4.85. The third kappa shape index (κ3) is 3.68. The number of hydrogen-bond donors (Lipinski definition) is 1. The number of ether oxygens (including phenoxy) is 1. The van der Waals surface area contributed by atoms with Gasteiger partial charge in [-0.25, -0.2) is 4.39 Å². The fourth-order valence-electron chi connectivity index (χ4n) is 3.61. The maximum atomic E-state index is 13.9. The van der Waals surface area contributed by atoms with E-state index < -0.39 is 6.17 Å². The van der Waals surface area contributed by atoms with Crippen LogP contribution in [0.4, 0.5) is 10.2 Å². The summed E-state index contributed by atoms with van der Waals surface area (Å²) in [5.74, 6) is 1.45. The Bertz CT molecular complexity index is 923. The first-order chi connectivity index (χ1) is 13.1. The minimum atomic E-state index is -0.833. The fraction of sp³-hybridized carbons (Fsp3) is 0.350. The molecule has 0 bridgehead atoms.